The molecule has 0 aliphatic heterocycles. The first kappa shape index (κ1) is 16.6. The molecule has 0 spiro atoms. The van der Waals surface area contributed by atoms with Crippen LogP contribution < -0.4 is 16.4 Å². The van der Waals surface area contributed by atoms with E-state index in [-0.39, 0.29) is 16.9 Å². The smallest absolute Gasteiger partial charge is 0.267 e. The average Bonchev–Trinajstić information content (AvgIpc) is 2.55. The van der Waals surface area contributed by atoms with Crippen LogP contribution in [0.3, 0.4) is 0 Å². The molecule has 120 valence electrons. The lowest BCUT2D eigenvalue weighted by Crippen LogP contribution is -2.16. The third-order valence-corrected chi connectivity index (χ3v) is 3.03. The number of primary amides is 1. The van der Waals surface area contributed by atoms with E-state index in [0.29, 0.717) is 11.4 Å². The number of carbonyl (C=O) groups is 2. The number of nitriles is 1. The van der Waals surface area contributed by atoms with Gasteiger partial charge in [0.15, 0.2) is 0 Å². The first-order valence-corrected chi connectivity index (χ1v) is 6.87. The third-order valence-electron chi connectivity index (χ3n) is 3.03. The molecule has 0 unspecified atom stereocenters. The minimum Gasteiger partial charge on any atom is -0.508 e. The highest BCUT2D eigenvalue weighted by molar-refractivity contribution is 6.07. The van der Waals surface area contributed by atoms with Crippen LogP contribution in [0, 0.1) is 11.3 Å². The lowest BCUT2D eigenvalue weighted by Gasteiger charge is -2.07. The van der Waals surface area contributed by atoms with Gasteiger partial charge >= 0.3 is 0 Å². The van der Waals surface area contributed by atoms with Crippen LogP contribution in [0.15, 0.2) is 60.3 Å². The van der Waals surface area contributed by atoms with Gasteiger partial charge in [0.2, 0.25) is 0 Å². The van der Waals surface area contributed by atoms with E-state index in [9.17, 15) is 14.7 Å². The summed E-state index contributed by atoms with van der Waals surface area (Å²) in [6.45, 7) is 0. The first-order valence-electron chi connectivity index (χ1n) is 6.87. The molecule has 2 amide bonds. The fourth-order valence-corrected chi connectivity index (χ4v) is 1.90. The van der Waals surface area contributed by atoms with Crippen LogP contribution in [0.4, 0.5) is 11.4 Å². The molecule has 0 bridgehead atoms. The maximum atomic E-state index is 12.1. The second-order valence-corrected chi connectivity index (χ2v) is 4.73. The molecule has 7 heteroatoms. The van der Waals surface area contributed by atoms with E-state index in [1.54, 1.807) is 36.4 Å². The quantitative estimate of drug-likeness (QED) is 0.494. The molecule has 7 nitrogen and oxygen atoms in total. The largest absolute Gasteiger partial charge is 0.508 e. The van der Waals surface area contributed by atoms with E-state index in [2.05, 4.69) is 10.6 Å². The van der Waals surface area contributed by atoms with Crippen molar-refractivity contribution < 1.29 is 14.7 Å². The Balaban J connectivity index is 2.16. The van der Waals surface area contributed by atoms with Crippen LogP contribution >= 0.6 is 0 Å². The standard InChI is InChI=1S/C17H14N4O3/c18-9-11(17(24)21-12-4-3-5-13(22)8-12)10-20-15-7-2-1-6-14(15)16(19)23/h1-8,10,20,22H,(H2,19,23)(H,21,24)/b11-10-. The first-order chi connectivity index (χ1) is 11.5. The van der Waals surface area contributed by atoms with Gasteiger partial charge in [-0.1, -0.05) is 18.2 Å². The summed E-state index contributed by atoms with van der Waals surface area (Å²) in [5, 5.41) is 23.7. The van der Waals surface area contributed by atoms with E-state index in [1.807, 2.05) is 0 Å². The van der Waals surface area contributed by atoms with Gasteiger partial charge < -0.3 is 21.5 Å². The number of aromatic hydroxyl groups is 1. The van der Waals surface area contributed by atoms with Crippen molar-refractivity contribution in [3.63, 3.8) is 0 Å². The Morgan fingerprint density at radius 3 is 2.58 bits per heavy atom. The molecule has 2 aromatic carbocycles. The van der Waals surface area contributed by atoms with Gasteiger partial charge in [-0.25, -0.2) is 0 Å². The third kappa shape index (κ3) is 4.11. The van der Waals surface area contributed by atoms with Crippen molar-refractivity contribution in [2.24, 2.45) is 5.73 Å². The molecule has 0 saturated heterocycles. The molecule has 0 fully saturated rings. The fourth-order valence-electron chi connectivity index (χ4n) is 1.90. The maximum Gasteiger partial charge on any atom is 0.267 e. The van der Waals surface area contributed by atoms with Crippen molar-refractivity contribution in [3.8, 4) is 11.8 Å². The number of nitrogens with two attached hydrogens (primary N) is 1. The zero-order chi connectivity index (χ0) is 17.5. The van der Waals surface area contributed by atoms with Crippen LogP contribution in [0.2, 0.25) is 0 Å². The Labute approximate surface area is 138 Å². The van der Waals surface area contributed by atoms with E-state index >= 15 is 0 Å². The number of hydrogen-bond acceptors (Lipinski definition) is 5. The number of nitrogens with zero attached hydrogens (tertiary/aromatic N) is 1. The molecule has 0 aliphatic rings. The van der Waals surface area contributed by atoms with Crippen LogP contribution in [0.1, 0.15) is 10.4 Å². The summed E-state index contributed by atoms with van der Waals surface area (Å²) in [6, 6.07) is 14.2. The van der Waals surface area contributed by atoms with Gasteiger partial charge in [-0.2, -0.15) is 5.26 Å². The molecule has 2 rings (SSSR count). The maximum absolute atomic E-state index is 12.1. The van der Waals surface area contributed by atoms with E-state index < -0.39 is 11.8 Å². The molecule has 2 aromatic rings. The topological polar surface area (TPSA) is 128 Å². The summed E-state index contributed by atoms with van der Waals surface area (Å²) in [6.07, 6.45) is 1.18. The molecule has 0 heterocycles. The van der Waals surface area contributed by atoms with Crippen molar-refractivity contribution in [2.45, 2.75) is 0 Å². The number of hydrogen-bond donors (Lipinski definition) is 4. The monoisotopic (exact) mass is 322 g/mol. The van der Waals surface area contributed by atoms with Crippen molar-refractivity contribution in [2.75, 3.05) is 10.6 Å². The van der Waals surface area contributed by atoms with Gasteiger partial charge in [0.05, 0.1) is 11.3 Å². The molecule has 5 N–H and O–H groups in total. The summed E-state index contributed by atoms with van der Waals surface area (Å²) in [5.41, 5.74) is 6.01. The molecule has 0 aliphatic carbocycles. The van der Waals surface area contributed by atoms with Gasteiger partial charge in [0.1, 0.15) is 17.4 Å². The Morgan fingerprint density at radius 2 is 1.92 bits per heavy atom. The van der Waals surface area contributed by atoms with Crippen molar-refractivity contribution in [1.82, 2.24) is 0 Å². The number of amides is 2. The molecule has 0 aromatic heterocycles. The minimum absolute atomic E-state index is 0.0104. The summed E-state index contributed by atoms with van der Waals surface area (Å²) in [7, 11) is 0. The van der Waals surface area contributed by atoms with Crippen LogP contribution in [0.25, 0.3) is 0 Å². The molecular formula is C17H14N4O3. The highest BCUT2D eigenvalue weighted by Crippen LogP contribution is 2.17. The van der Waals surface area contributed by atoms with Gasteiger partial charge in [-0.05, 0) is 24.3 Å². The molecular weight excluding hydrogens is 308 g/mol. The lowest BCUT2D eigenvalue weighted by atomic mass is 10.1. The molecule has 24 heavy (non-hydrogen) atoms. The number of nitrogens with one attached hydrogen (secondary N) is 2. The van der Waals surface area contributed by atoms with Crippen molar-refractivity contribution in [3.05, 3.63) is 65.9 Å². The van der Waals surface area contributed by atoms with Crippen LogP contribution in [0.5, 0.6) is 5.75 Å². The fraction of sp³-hybridized carbons (Fsp3) is 0. The number of carbonyl (C=O) groups excluding carboxylic acids is 2. The van der Waals surface area contributed by atoms with Crippen molar-refractivity contribution in [1.29, 1.82) is 5.26 Å². The number of anilines is 2. The second-order valence-electron chi connectivity index (χ2n) is 4.73. The Morgan fingerprint density at radius 1 is 1.17 bits per heavy atom. The number of phenols is 1. The van der Waals surface area contributed by atoms with Crippen LogP contribution in [-0.4, -0.2) is 16.9 Å². The molecule has 0 radical (unpaired) electrons. The number of para-hydroxylation sites is 1. The number of rotatable bonds is 5. The van der Waals surface area contributed by atoms with E-state index in [1.165, 1.54) is 24.4 Å². The highest BCUT2D eigenvalue weighted by Gasteiger charge is 2.11. The number of phenolic OH excluding ortho intramolecular Hbond substituents is 1. The number of benzene rings is 2. The van der Waals surface area contributed by atoms with Gasteiger partial charge in [-0.3, -0.25) is 9.59 Å². The van der Waals surface area contributed by atoms with Gasteiger partial charge in [0.25, 0.3) is 11.8 Å². The van der Waals surface area contributed by atoms with E-state index in [0.717, 1.165) is 0 Å². The second kappa shape index (κ2) is 7.47. The van der Waals surface area contributed by atoms with Crippen molar-refractivity contribution >= 4 is 23.2 Å². The predicted molar refractivity (Wildman–Crippen MR) is 89.0 cm³/mol. The average molecular weight is 322 g/mol. The molecule has 0 atom stereocenters. The normalized spacial score (nSPS) is 10.5. The Hall–Kier alpha value is -3.79. The summed E-state index contributed by atoms with van der Waals surface area (Å²) in [5.74, 6) is -1.30. The summed E-state index contributed by atoms with van der Waals surface area (Å²) < 4.78 is 0. The summed E-state index contributed by atoms with van der Waals surface area (Å²) in [4.78, 5) is 23.4. The lowest BCUT2D eigenvalue weighted by molar-refractivity contribution is -0.112. The SMILES string of the molecule is N#C/C(=C/Nc1ccccc1C(N)=O)C(=O)Nc1cccc(O)c1. The zero-order valence-electron chi connectivity index (χ0n) is 12.5. The van der Waals surface area contributed by atoms with Gasteiger partial charge in [-0.15, -0.1) is 0 Å². The van der Waals surface area contributed by atoms with E-state index in [4.69, 9.17) is 11.0 Å². The Kier molecular flexibility index (Phi) is 5.16. The zero-order valence-corrected chi connectivity index (χ0v) is 12.5. The minimum atomic E-state index is -0.660. The van der Waals surface area contributed by atoms with Crippen LogP contribution in [-0.2, 0) is 4.79 Å². The Bertz CT molecular complexity index is 853. The molecule has 0 saturated carbocycles. The predicted octanol–water partition coefficient (Wildman–Crippen LogP) is 1.95. The van der Waals surface area contributed by atoms with Gasteiger partial charge in [0, 0.05) is 18.0 Å². The highest BCUT2D eigenvalue weighted by atomic mass is 16.3. The summed E-state index contributed by atoms with van der Waals surface area (Å²) >= 11 is 0.